The fourth-order valence-corrected chi connectivity index (χ4v) is 2.84. The van der Waals surface area contributed by atoms with Crippen LogP contribution in [-0.2, 0) is 16.0 Å². The second-order valence-corrected chi connectivity index (χ2v) is 5.81. The van der Waals surface area contributed by atoms with E-state index < -0.39 is 5.97 Å². The predicted molar refractivity (Wildman–Crippen MR) is 80.2 cm³/mol. The van der Waals surface area contributed by atoms with Gasteiger partial charge in [-0.05, 0) is 19.4 Å². The van der Waals surface area contributed by atoms with Crippen molar-refractivity contribution in [3.63, 3.8) is 0 Å². The normalized spacial score (nSPS) is 12.0. The van der Waals surface area contributed by atoms with Gasteiger partial charge in [0.15, 0.2) is 11.5 Å². The number of carboxylic acids is 1. The maximum Gasteiger partial charge on any atom is 0.349 e. The lowest BCUT2D eigenvalue weighted by atomic mass is 10.3. The van der Waals surface area contributed by atoms with E-state index in [1.54, 1.807) is 13.2 Å². The number of carbonyl (C=O) groups excluding carboxylic acids is 1. The molecule has 0 fully saturated rings. The minimum Gasteiger partial charge on any atom is -0.482 e. The van der Waals surface area contributed by atoms with Gasteiger partial charge in [0.05, 0.1) is 6.61 Å². The Morgan fingerprint density at radius 2 is 2.19 bits per heavy atom. The van der Waals surface area contributed by atoms with Crippen molar-refractivity contribution < 1.29 is 24.2 Å². The molecule has 0 saturated carbocycles. The van der Waals surface area contributed by atoms with Crippen LogP contribution >= 0.6 is 11.3 Å². The molecule has 1 unspecified atom stereocenters. The van der Waals surface area contributed by atoms with Crippen LogP contribution in [0.15, 0.2) is 6.07 Å². The molecule has 0 bridgehead atoms. The van der Waals surface area contributed by atoms with Crippen molar-refractivity contribution in [1.29, 1.82) is 0 Å². The van der Waals surface area contributed by atoms with E-state index in [0.717, 1.165) is 17.7 Å². The Hall–Kier alpha value is -1.60. The van der Waals surface area contributed by atoms with Gasteiger partial charge in [-0.2, -0.15) is 0 Å². The number of carbonyl (C=O) groups is 2. The van der Waals surface area contributed by atoms with E-state index in [1.165, 1.54) is 11.3 Å². The molecule has 0 aliphatic rings. The standard InChI is InChI=1S/C14H21NO5S/c1-4-5-10-6-11(13(21-10)14(17)18)20-8-12(16)15-9(2)7-19-3/h6,9H,4-5,7-8H2,1-3H3,(H,15,16)(H,17,18). The van der Waals surface area contributed by atoms with Crippen LogP contribution in [0.2, 0.25) is 0 Å². The van der Waals surface area contributed by atoms with Crippen molar-refractivity contribution in [2.75, 3.05) is 20.3 Å². The first-order valence-corrected chi connectivity index (χ1v) is 7.56. The van der Waals surface area contributed by atoms with Gasteiger partial charge < -0.3 is 19.9 Å². The quantitative estimate of drug-likeness (QED) is 0.727. The van der Waals surface area contributed by atoms with E-state index in [-0.39, 0.29) is 29.2 Å². The van der Waals surface area contributed by atoms with Crippen molar-refractivity contribution in [2.24, 2.45) is 0 Å². The van der Waals surface area contributed by atoms with Crippen LogP contribution in [0.4, 0.5) is 0 Å². The van der Waals surface area contributed by atoms with E-state index in [1.807, 2.05) is 13.8 Å². The number of nitrogens with one attached hydrogen (secondary N) is 1. The number of ether oxygens (including phenoxy) is 2. The van der Waals surface area contributed by atoms with E-state index >= 15 is 0 Å². The number of amides is 1. The minimum atomic E-state index is -1.04. The molecule has 0 aliphatic heterocycles. The summed E-state index contributed by atoms with van der Waals surface area (Å²) in [7, 11) is 1.55. The molecule has 118 valence electrons. The maximum absolute atomic E-state index is 11.7. The van der Waals surface area contributed by atoms with Gasteiger partial charge in [-0.1, -0.05) is 13.3 Å². The van der Waals surface area contributed by atoms with E-state index in [2.05, 4.69) is 5.32 Å². The topological polar surface area (TPSA) is 84.9 Å². The number of aryl methyl sites for hydroxylation is 1. The van der Waals surface area contributed by atoms with Crippen LogP contribution in [-0.4, -0.2) is 43.3 Å². The lowest BCUT2D eigenvalue weighted by molar-refractivity contribution is -0.124. The highest BCUT2D eigenvalue weighted by Crippen LogP contribution is 2.30. The maximum atomic E-state index is 11.7. The van der Waals surface area contributed by atoms with E-state index in [0.29, 0.717) is 6.61 Å². The van der Waals surface area contributed by atoms with Gasteiger partial charge in [0.1, 0.15) is 5.75 Å². The van der Waals surface area contributed by atoms with Gasteiger partial charge in [-0.25, -0.2) is 4.79 Å². The molecule has 1 amide bonds. The minimum absolute atomic E-state index is 0.122. The second-order valence-electron chi connectivity index (χ2n) is 4.67. The molecule has 1 heterocycles. The molecule has 2 N–H and O–H groups in total. The average molecular weight is 315 g/mol. The Balaban J connectivity index is 2.61. The smallest absolute Gasteiger partial charge is 0.349 e. The highest BCUT2D eigenvalue weighted by Gasteiger charge is 2.18. The Morgan fingerprint density at radius 1 is 1.48 bits per heavy atom. The zero-order chi connectivity index (χ0) is 15.8. The molecule has 1 rings (SSSR count). The Kier molecular flexibility index (Phi) is 7.18. The molecule has 1 aromatic heterocycles. The number of rotatable bonds is 9. The summed E-state index contributed by atoms with van der Waals surface area (Å²) in [5.41, 5.74) is 0. The van der Waals surface area contributed by atoms with Gasteiger partial charge in [0.25, 0.3) is 5.91 Å². The average Bonchev–Trinajstić information content (AvgIpc) is 2.80. The number of methoxy groups -OCH3 is 1. The predicted octanol–water partition coefficient (Wildman–Crippen LogP) is 1.93. The Labute approximate surface area is 128 Å². The molecule has 1 atom stereocenters. The third kappa shape index (κ3) is 5.73. The third-order valence-corrected chi connectivity index (χ3v) is 3.79. The molecule has 0 aliphatic carbocycles. The zero-order valence-corrected chi connectivity index (χ0v) is 13.3. The van der Waals surface area contributed by atoms with Crippen LogP contribution in [0, 0.1) is 0 Å². The monoisotopic (exact) mass is 315 g/mol. The van der Waals surface area contributed by atoms with Gasteiger partial charge >= 0.3 is 5.97 Å². The van der Waals surface area contributed by atoms with Gasteiger partial charge in [-0.3, -0.25) is 4.79 Å². The van der Waals surface area contributed by atoms with Gasteiger partial charge in [0, 0.05) is 18.0 Å². The summed E-state index contributed by atoms with van der Waals surface area (Å²) in [6, 6.07) is 1.58. The molecule has 1 aromatic rings. The van der Waals surface area contributed by atoms with Gasteiger partial charge in [0.2, 0.25) is 0 Å². The van der Waals surface area contributed by atoms with Crippen molar-refractivity contribution in [2.45, 2.75) is 32.7 Å². The number of thiophene rings is 1. The molecular weight excluding hydrogens is 294 g/mol. The Morgan fingerprint density at radius 3 is 2.76 bits per heavy atom. The van der Waals surface area contributed by atoms with Crippen molar-refractivity contribution in [1.82, 2.24) is 5.32 Å². The van der Waals surface area contributed by atoms with Crippen LogP contribution in [0.5, 0.6) is 5.75 Å². The SMILES string of the molecule is CCCc1cc(OCC(=O)NC(C)COC)c(C(=O)O)s1. The molecule has 7 heteroatoms. The molecule has 0 radical (unpaired) electrons. The first-order valence-electron chi connectivity index (χ1n) is 6.75. The van der Waals surface area contributed by atoms with Crippen molar-refractivity contribution in [3.05, 3.63) is 15.8 Å². The molecule has 21 heavy (non-hydrogen) atoms. The summed E-state index contributed by atoms with van der Waals surface area (Å²) in [6.07, 6.45) is 1.72. The molecule has 6 nitrogen and oxygen atoms in total. The molecule has 0 aromatic carbocycles. The van der Waals surface area contributed by atoms with Crippen LogP contribution in [0.25, 0.3) is 0 Å². The fraction of sp³-hybridized carbons (Fsp3) is 0.571. The Bertz CT molecular complexity index is 486. The lowest BCUT2D eigenvalue weighted by Crippen LogP contribution is -2.38. The summed E-state index contributed by atoms with van der Waals surface area (Å²) >= 11 is 1.19. The summed E-state index contributed by atoms with van der Waals surface area (Å²) in [6.45, 7) is 4.03. The lowest BCUT2D eigenvalue weighted by Gasteiger charge is -2.13. The van der Waals surface area contributed by atoms with Crippen LogP contribution in [0.3, 0.4) is 0 Å². The summed E-state index contributed by atoms with van der Waals surface area (Å²) < 4.78 is 10.3. The first kappa shape index (κ1) is 17.5. The first-order chi connectivity index (χ1) is 9.97. The van der Waals surface area contributed by atoms with Crippen molar-refractivity contribution >= 4 is 23.2 Å². The number of aromatic carboxylic acids is 1. The van der Waals surface area contributed by atoms with E-state index in [4.69, 9.17) is 14.6 Å². The molecule has 0 saturated heterocycles. The van der Waals surface area contributed by atoms with E-state index in [9.17, 15) is 9.59 Å². The second kappa shape index (κ2) is 8.63. The zero-order valence-electron chi connectivity index (χ0n) is 12.5. The number of hydrogen-bond donors (Lipinski definition) is 2. The number of carboxylic acid groups (broad SMARTS) is 1. The van der Waals surface area contributed by atoms with Crippen LogP contribution < -0.4 is 10.1 Å². The summed E-state index contributed by atoms with van der Waals surface area (Å²) in [5, 5.41) is 11.8. The highest BCUT2D eigenvalue weighted by atomic mass is 32.1. The third-order valence-electron chi connectivity index (χ3n) is 2.62. The van der Waals surface area contributed by atoms with Gasteiger partial charge in [-0.15, -0.1) is 11.3 Å². The van der Waals surface area contributed by atoms with Crippen LogP contribution in [0.1, 0.15) is 34.8 Å². The molecular formula is C14H21NO5S. The highest BCUT2D eigenvalue weighted by molar-refractivity contribution is 7.14. The van der Waals surface area contributed by atoms with Crippen molar-refractivity contribution in [3.8, 4) is 5.75 Å². The largest absolute Gasteiger partial charge is 0.482 e. The number of hydrogen-bond acceptors (Lipinski definition) is 5. The molecule has 0 spiro atoms. The summed E-state index contributed by atoms with van der Waals surface area (Å²) in [4.78, 5) is 23.9. The summed E-state index contributed by atoms with van der Waals surface area (Å²) in [5.74, 6) is -1.09. The fourth-order valence-electron chi connectivity index (χ4n) is 1.80.